The number of amides is 1. The van der Waals surface area contributed by atoms with Crippen LogP contribution in [-0.4, -0.2) is 46.8 Å². The molecular formula is C17H19N3O3S. The third-order valence-corrected chi connectivity index (χ3v) is 5.65. The number of hydrogen-bond donors (Lipinski definition) is 0. The monoisotopic (exact) mass is 345 g/mol. The Morgan fingerprint density at radius 2 is 2.42 bits per heavy atom. The zero-order valence-corrected chi connectivity index (χ0v) is 14.3. The van der Waals surface area contributed by atoms with Crippen LogP contribution < -0.4 is 0 Å². The summed E-state index contributed by atoms with van der Waals surface area (Å²) in [5.41, 5.74) is -0.369. The molecule has 0 aliphatic carbocycles. The van der Waals surface area contributed by atoms with E-state index in [9.17, 15) is 4.79 Å². The number of aryl methyl sites for hydroxylation is 1. The van der Waals surface area contributed by atoms with Gasteiger partial charge in [0, 0.05) is 37.6 Å². The van der Waals surface area contributed by atoms with E-state index in [2.05, 4.69) is 10.2 Å². The summed E-state index contributed by atoms with van der Waals surface area (Å²) in [5.74, 6) is 1.16. The molecule has 2 atom stereocenters. The molecule has 0 spiro atoms. The number of carbonyl (C=O) groups excluding carboxylic acids is 1. The molecule has 2 aliphatic rings. The predicted octanol–water partition coefficient (Wildman–Crippen LogP) is 2.41. The van der Waals surface area contributed by atoms with Crippen molar-refractivity contribution in [2.24, 2.45) is 0 Å². The van der Waals surface area contributed by atoms with Crippen LogP contribution in [0.15, 0.2) is 28.0 Å². The van der Waals surface area contributed by atoms with Crippen molar-refractivity contribution in [2.45, 2.75) is 31.3 Å². The third kappa shape index (κ3) is 2.67. The molecular weight excluding hydrogens is 326 g/mol. The van der Waals surface area contributed by atoms with Crippen LogP contribution in [0.4, 0.5) is 0 Å². The first kappa shape index (κ1) is 15.5. The zero-order valence-electron chi connectivity index (χ0n) is 13.5. The molecule has 0 unspecified atom stereocenters. The number of piperidine rings is 1. The molecule has 4 heterocycles. The van der Waals surface area contributed by atoms with E-state index in [0.29, 0.717) is 31.5 Å². The van der Waals surface area contributed by atoms with Crippen LogP contribution >= 0.6 is 11.3 Å². The zero-order chi connectivity index (χ0) is 16.6. The van der Waals surface area contributed by atoms with Crippen molar-refractivity contribution in [1.29, 1.82) is 0 Å². The van der Waals surface area contributed by atoms with Crippen molar-refractivity contribution in [2.75, 3.05) is 19.7 Å². The lowest BCUT2D eigenvalue weighted by atomic mass is 9.76. The molecule has 1 amide bonds. The molecule has 0 bridgehead atoms. The summed E-state index contributed by atoms with van der Waals surface area (Å²) in [7, 11) is 0. The van der Waals surface area contributed by atoms with Gasteiger partial charge in [-0.05, 0) is 30.4 Å². The maximum absolute atomic E-state index is 12.6. The van der Waals surface area contributed by atoms with Gasteiger partial charge in [-0.15, -0.1) is 21.5 Å². The largest absolute Gasteiger partial charge is 0.425 e. The molecule has 24 heavy (non-hydrogen) atoms. The highest BCUT2D eigenvalue weighted by atomic mass is 32.1. The van der Waals surface area contributed by atoms with Crippen molar-refractivity contribution < 1.29 is 13.9 Å². The minimum absolute atomic E-state index is 0.0179. The van der Waals surface area contributed by atoms with E-state index in [4.69, 9.17) is 9.15 Å². The van der Waals surface area contributed by atoms with E-state index in [1.165, 1.54) is 0 Å². The number of fused-ring (bicyclic) bond motifs is 1. The van der Waals surface area contributed by atoms with Crippen LogP contribution in [0, 0.1) is 6.92 Å². The summed E-state index contributed by atoms with van der Waals surface area (Å²) < 4.78 is 11.6. The average molecular weight is 345 g/mol. The van der Waals surface area contributed by atoms with Gasteiger partial charge in [0.15, 0.2) is 0 Å². The van der Waals surface area contributed by atoms with Crippen molar-refractivity contribution in [1.82, 2.24) is 15.1 Å². The standard InChI is InChI=1S/C17H19N3O3S/c1-12-18-19-16(23-12)17-7-9-22-14(17)6-8-20(11-17)15(21)5-4-13-3-2-10-24-13/h2-5,10,14H,6-9,11H2,1H3/b5-4+/t14-,17-/m1/s1. The average Bonchev–Trinajstić information content (AvgIpc) is 3.32. The number of thiophene rings is 1. The second kappa shape index (κ2) is 6.14. The molecule has 2 aliphatic heterocycles. The maximum Gasteiger partial charge on any atom is 0.246 e. The Bertz CT molecular complexity index is 755. The van der Waals surface area contributed by atoms with E-state index in [0.717, 1.165) is 17.7 Å². The van der Waals surface area contributed by atoms with Crippen molar-refractivity contribution >= 4 is 23.3 Å². The quantitative estimate of drug-likeness (QED) is 0.799. The van der Waals surface area contributed by atoms with Gasteiger partial charge in [0.2, 0.25) is 17.7 Å². The Labute approximate surface area is 144 Å². The topological polar surface area (TPSA) is 68.5 Å². The maximum atomic E-state index is 12.6. The number of ether oxygens (including phenoxy) is 1. The number of likely N-dealkylation sites (tertiary alicyclic amines) is 1. The Balaban J connectivity index is 1.55. The lowest BCUT2D eigenvalue weighted by Gasteiger charge is -2.41. The van der Waals surface area contributed by atoms with Gasteiger partial charge in [0.1, 0.15) is 0 Å². The number of hydrogen-bond acceptors (Lipinski definition) is 6. The third-order valence-electron chi connectivity index (χ3n) is 4.81. The molecule has 0 N–H and O–H groups in total. The molecule has 126 valence electrons. The Morgan fingerprint density at radius 3 is 3.17 bits per heavy atom. The molecule has 0 aromatic carbocycles. The summed E-state index contributed by atoms with van der Waals surface area (Å²) in [6, 6.07) is 3.97. The lowest BCUT2D eigenvalue weighted by molar-refractivity contribution is -0.130. The first-order valence-electron chi connectivity index (χ1n) is 8.10. The summed E-state index contributed by atoms with van der Waals surface area (Å²) in [4.78, 5) is 15.5. The molecule has 7 heteroatoms. The summed E-state index contributed by atoms with van der Waals surface area (Å²) in [6.45, 7) is 3.70. The van der Waals surface area contributed by atoms with Gasteiger partial charge in [0.25, 0.3) is 0 Å². The molecule has 2 aromatic rings. The minimum atomic E-state index is -0.369. The predicted molar refractivity (Wildman–Crippen MR) is 89.6 cm³/mol. The number of nitrogens with zero attached hydrogens (tertiary/aromatic N) is 3. The number of aromatic nitrogens is 2. The van der Waals surface area contributed by atoms with Crippen molar-refractivity contribution in [3.05, 3.63) is 40.2 Å². The highest BCUT2D eigenvalue weighted by Gasteiger charge is 2.53. The summed E-state index contributed by atoms with van der Waals surface area (Å²) >= 11 is 1.62. The SMILES string of the molecule is Cc1nnc([C@@]23CCO[C@@H]2CCN(C(=O)/C=C/c2cccs2)C3)o1. The molecule has 4 rings (SSSR count). The van der Waals surface area contributed by atoms with Gasteiger partial charge in [-0.25, -0.2) is 0 Å². The second-order valence-electron chi connectivity index (χ2n) is 6.29. The van der Waals surface area contributed by atoms with Crippen LogP contribution in [0.3, 0.4) is 0 Å². The van der Waals surface area contributed by atoms with Crippen LogP contribution in [-0.2, 0) is 14.9 Å². The smallest absolute Gasteiger partial charge is 0.246 e. The highest BCUT2D eigenvalue weighted by Crippen LogP contribution is 2.42. The van der Waals surface area contributed by atoms with E-state index in [-0.39, 0.29) is 17.4 Å². The van der Waals surface area contributed by atoms with Gasteiger partial charge in [-0.1, -0.05) is 6.07 Å². The summed E-state index contributed by atoms with van der Waals surface area (Å²) in [5, 5.41) is 10.2. The van der Waals surface area contributed by atoms with Gasteiger partial charge < -0.3 is 14.1 Å². The van der Waals surface area contributed by atoms with Crippen LogP contribution in [0.25, 0.3) is 6.08 Å². The van der Waals surface area contributed by atoms with Gasteiger partial charge in [-0.2, -0.15) is 0 Å². The van der Waals surface area contributed by atoms with Gasteiger partial charge in [-0.3, -0.25) is 4.79 Å². The lowest BCUT2D eigenvalue weighted by Crippen LogP contribution is -2.54. The molecule has 0 saturated carbocycles. The van der Waals surface area contributed by atoms with E-state index >= 15 is 0 Å². The van der Waals surface area contributed by atoms with Crippen LogP contribution in [0.2, 0.25) is 0 Å². The van der Waals surface area contributed by atoms with Crippen LogP contribution in [0.5, 0.6) is 0 Å². The molecule has 0 radical (unpaired) electrons. The Kier molecular flexibility index (Phi) is 3.97. The minimum Gasteiger partial charge on any atom is -0.425 e. The summed E-state index contributed by atoms with van der Waals surface area (Å²) in [6.07, 6.45) is 5.16. The van der Waals surface area contributed by atoms with E-state index in [1.807, 2.05) is 28.5 Å². The molecule has 2 saturated heterocycles. The fourth-order valence-electron chi connectivity index (χ4n) is 3.58. The fraction of sp³-hybridized carbons (Fsp3) is 0.471. The van der Waals surface area contributed by atoms with Gasteiger partial charge >= 0.3 is 0 Å². The Morgan fingerprint density at radius 1 is 1.50 bits per heavy atom. The molecule has 2 fully saturated rings. The van der Waals surface area contributed by atoms with Crippen molar-refractivity contribution in [3.63, 3.8) is 0 Å². The normalized spacial score (nSPS) is 26.9. The first-order chi connectivity index (χ1) is 11.7. The number of carbonyl (C=O) groups is 1. The second-order valence-corrected chi connectivity index (χ2v) is 7.27. The molecule has 6 nitrogen and oxygen atoms in total. The number of rotatable bonds is 3. The van der Waals surface area contributed by atoms with Crippen LogP contribution in [0.1, 0.15) is 29.5 Å². The fourth-order valence-corrected chi connectivity index (χ4v) is 4.20. The highest BCUT2D eigenvalue weighted by molar-refractivity contribution is 7.10. The van der Waals surface area contributed by atoms with Gasteiger partial charge in [0.05, 0.1) is 11.5 Å². The van der Waals surface area contributed by atoms with Crippen molar-refractivity contribution in [3.8, 4) is 0 Å². The van der Waals surface area contributed by atoms with E-state index in [1.54, 1.807) is 24.3 Å². The first-order valence-corrected chi connectivity index (χ1v) is 8.98. The molecule has 2 aromatic heterocycles. The Hall–Kier alpha value is -1.99. The van der Waals surface area contributed by atoms with E-state index < -0.39 is 0 Å².